The third kappa shape index (κ3) is 3.04. The average Bonchev–Trinajstić information content (AvgIpc) is 2.80. The highest BCUT2D eigenvalue weighted by molar-refractivity contribution is 5.50. The molecular formula is C17H26O3. The number of carbonyl (C=O) groups is 1. The summed E-state index contributed by atoms with van der Waals surface area (Å²) in [7, 11) is 0. The molecular weight excluding hydrogens is 252 g/mol. The summed E-state index contributed by atoms with van der Waals surface area (Å²) in [5.74, 6) is 0.0812. The molecule has 1 aliphatic carbocycles. The summed E-state index contributed by atoms with van der Waals surface area (Å²) in [5.41, 5.74) is 1.29. The molecule has 0 aromatic rings. The minimum absolute atomic E-state index is 0.0434. The molecule has 0 aromatic carbocycles. The molecule has 1 saturated carbocycles. The fourth-order valence-electron chi connectivity index (χ4n) is 3.49. The van der Waals surface area contributed by atoms with Crippen molar-refractivity contribution >= 4 is 6.29 Å². The van der Waals surface area contributed by atoms with E-state index in [1.807, 2.05) is 13.0 Å². The maximum absolute atomic E-state index is 10.9. The van der Waals surface area contributed by atoms with Crippen LogP contribution in [0.1, 0.15) is 40.0 Å². The molecule has 0 amide bonds. The van der Waals surface area contributed by atoms with Gasteiger partial charge in [0.15, 0.2) is 5.79 Å². The van der Waals surface area contributed by atoms with Gasteiger partial charge in [-0.05, 0) is 37.2 Å². The van der Waals surface area contributed by atoms with Crippen LogP contribution in [0.25, 0.3) is 0 Å². The molecule has 0 N–H and O–H groups in total. The SMILES string of the molecule is C=C1CC[C@H](CC=O)C(C)(C)C1/C=C/C1(C)OCCO1. The zero-order chi connectivity index (χ0) is 14.8. The lowest BCUT2D eigenvalue weighted by Gasteiger charge is -2.45. The number of rotatable bonds is 4. The quantitative estimate of drug-likeness (QED) is 0.583. The second-order valence-corrected chi connectivity index (χ2v) is 6.67. The minimum Gasteiger partial charge on any atom is -0.344 e. The average molecular weight is 278 g/mol. The van der Waals surface area contributed by atoms with E-state index in [4.69, 9.17) is 9.47 Å². The Balaban J connectivity index is 2.16. The topological polar surface area (TPSA) is 35.5 Å². The summed E-state index contributed by atoms with van der Waals surface area (Å²) in [6, 6.07) is 0. The lowest BCUT2D eigenvalue weighted by Crippen LogP contribution is -2.37. The van der Waals surface area contributed by atoms with Gasteiger partial charge in [0.2, 0.25) is 0 Å². The highest BCUT2D eigenvalue weighted by Gasteiger charge is 2.41. The van der Waals surface area contributed by atoms with E-state index in [0.29, 0.717) is 25.6 Å². The zero-order valence-corrected chi connectivity index (χ0v) is 12.9. The number of aldehydes is 1. The Labute approximate surface area is 122 Å². The first-order valence-electron chi connectivity index (χ1n) is 7.47. The van der Waals surface area contributed by atoms with Crippen LogP contribution in [0.2, 0.25) is 0 Å². The summed E-state index contributed by atoms with van der Waals surface area (Å²) >= 11 is 0. The van der Waals surface area contributed by atoms with E-state index in [1.165, 1.54) is 5.57 Å². The lowest BCUT2D eigenvalue weighted by molar-refractivity contribution is -0.110. The van der Waals surface area contributed by atoms with E-state index in [1.54, 1.807) is 0 Å². The van der Waals surface area contributed by atoms with Crippen LogP contribution in [0, 0.1) is 17.3 Å². The van der Waals surface area contributed by atoms with Crippen LogP contribution in [0.3, 0.4) is 0 Å². The van der Waals surface area contributed by atoms with E-state index in [0.717, 1.165) is 19.1 Å². The van der Waals surface area contributed by atoms with Crippen molar-refractivity contribution in [3.8, 4) is 0 Å². The normalized spacial score (nSPS) is 32.6. The first-order chi connectivity index (χ1) is 9.39. The molecule has 1 aliphatic heterocycles. The highest BCUT2D eigenvalue weighted by Crippen LogP contribution is 2.49. The molecule has 0 aromatic heterocycles. The van der Waals surface area contributed by atoms with Gasteiger partial charge in [0.05, 0.1) is 13.2 Å². The molecule has 3 nitrogen and oxygen atoms in total. The molecule has 2 fully saturated rings. The Kier molecular flexibility index (Phi) is 4.50. The van der Waals surface area contributed by atoms with Gasteiger partial charge >= 0.3 is 0 Å². The molecule has 0 spiro atoms. The van der Waals surface area contributed by atoms with Gasteiger partial charge in [-0.25, -0.2) is 0 Å². The number of hydrogen-bond acceptors (Lipinski definition) is 3. The maximum Gasteiger partial charge on any atom is 0.185 e. The molecule has 1 saturated heterocycles. The Morgan fingerprint density at radius 2 is 1.95 bits per heavy atom. The molecule has 2 atom stereocenters. The fraction of sp³-hybridized carbons (Fsp3) is 0.706. The lowest BCUT2D eigenvalue weighted by atomic mass is 9.60. The molecule has 112 valence electrons. The summed E-state index contributed by atoms with van der Waals surface area (Å²) in [5, 5.41) is 0. The maximum atomic E-state index is 10.9. The number of carbonyl (C=O) groups excluding carboxylic acids is 1. The summed E-state index contributed by atoms with van der Waals surface area (Å²) in [6.07, 6.45) is 7.92. The first kappa shape index (κ1) is 15.5. The summed E-state index contributed by atoms with van der Waals surface area (Å²) in [4.78, 5) is 10.9. The molecule has 2 rings (SSSR count). The van der Waals surface area contributed by atoms with E-state index in [9.17, 15) is 4.79 Å². The van der Waals surface area contributed by atoms with Gasteiger partial charge < -0.3 is 14.3 Å². The van der Waals surface area contributed by atoms with Crippen molar-refractivity contribution in [3.63, 3.8) is 0 Å². The van der Waals surface area contributed by atoms with Gasteiger partial charge in [0.25, 0.3) is 0 Å². The standard InChI is InChI=1S/C17H26O3/c1-13-5-6-14(8-10-18)16(2,3)15(13)7-9-17(4)19-11-12-20-17/h7,9-10,14-15H,1,5-6,8,11-12H2,2-4H3/b9-7+/t14-,15?/m1/s1. The van der Waals surface area contributed by atoms with Crippen molar-refractivity contribution in [1.82, 2.24) is 0 Å². The Bertz CT molecular complexity index is 402. The van der Waals surface area contributed by atoms with Gasteiger partial charge in [-0.2, -0.15) is 0 Å². The van der Waals surface area contributed by atoms with Gasteiger partial charge in [-0.3, -0.25) is 0 Å². The number of ether oxygens (including phenoxy) is 2. The van der Waals surface area contributed by atoms with Crippen molar-refractivity contribution in [2.45, 2.75) is 45.8 Å². The van der Waals surface area contributed by atoms with Crippen LogP contribution in [-0.2, 0) is 14.3 Å². The molecule has 3 heteroatoms. The van der Waals surface area contributed by atoms with Gasteiger partial charge in [0, 0.05) is 12.3 Å². The molecule has 2 aliphatic rings. The van der Waals surface area contributed by atoms with Crippen LogP contribution in [0.15, 0.2) is 24.3 Å². The second-order valence-electron chi connectivity index (χ2n) is 6.67. The van der Waals surface area contributed by atoms with Crippen LogP contribution < -0.4 is 0 Å². The zero-order valence-electron chi connectivity index (χ0n) is 12.9. The molecule has 0 bridgehead atoms. The first-order valence-corrected chi connectivity index (χ1v) is 7.47. The number of allylic oxidation sites excluding steroid dienone is 2. The third-order valence-electron chi connectivity index (χ3n) is 4.94. The van der Waals surface area contributed by atoms with Crippen LogP contribution in [-0.4, -0.2) is 25.3 Å². The van der Waals surface area contributed by atoms with Gasteiger partial charge in [-0.15, -0.1) is 0 Å². The van der Waals surface area contributed by atoms with E-state index < -0.39 is 5.79 Å². The van der Waals surface area contributed by atoms with E-state index >= 15 is 0 Å². The Hall–Kier alpha value is -0.930. The Morgan fingerprint density at radius 3 is 2.55 bits per heavy atom. The predicted molar refractivity (Wildman–Crippen MR) is 79.3 cm³/mol. The Morgan fingerprint density at radius 1 is 1.30 bits per heavy atom. The van der Waals surface area contributed by atoms with Crippen LogP contribution in [0.5, 0.6) is 0 Å². The van der Waals surface area contributed by atoms with Gasteiger partial charge in [0.1, 0.15) is 6.29 Å². The van der Waals surface area contributed by atoms with Crippen LogP contribution >= 0.6 is 0 Å². The van der Waals surface area contributed by atoms with Crippen LogP contribution in [0.4, 0.5) is 0 Å². The summed E-state index contributed by atoms with van der Waals surface area (Å²) in [6.45, 7) is 11.9. The molecule has 20 heavy (non-hydrogen) atoms. The highest BCUT2D eigenvalue weighted by atomic mass is 16.7. The van der Waals surface area contributed by atoms with E-state index in [2.05, 4.69) is 26.5 Å². The molecule has 1 unspecified atom stereocenters. The second kappa shape index (κ2) is 5.82. The predicted octanol–water partition coefficient (Wildman–Crippen LogP) is 3.50. The van der Waals surface area contributed by atoms with Crippen molar-refractivity contribution in [1.29, 1.82) is 0 Å². The molecule has 0 radical (unpaired) electrons. The largest absolute Gasteiger partial charge is 0.344 e. The van der Waals surface area contributed by atoms with E-state index in [-0.39, 0.29) is 11.3 Å². The fourth-order valence-corrected chi connectivity index (χ4v) is 3.49. The number of hydrogen-bond donors (Lipinski definition) is 0. The monoisotopic (exact) mass is 278 g/mol. The van der Waals surface area contributed by atoms with Crippen molar-refractivity contribution in [2.75, 3.05) is 13.2 Å². The third-order valence-corrected chi connectivity index (χ3v) is 4.94. The van der Waals surface area contributed by atoms with Crippen molar-refractivity contribution in [3.05, 3.63) is 24.3 Å². The molecule has 1 heterocycles. The van der Waals surface area contributed by atoms with Gasteiger partial charge in [-0.1, -0.05) is 32.1 Å². The minimum atomic E-state index is -0.603. The summed E-state index contributed by atoms with van der Waals surface area (Å²) < 4.78 is 11.2. The smallest absolute Gasteiger partial charge is 0.185 e. The van der Waals surface area contributed by atoms with Crippen molar-refractivity contribution < 1.29 is 14.3 Å². The van der Waals surface area contributed by atoms with Crippen molar-refractivity contribution in [2.24, 2.45) is 17.3 Å².